The van der Waals surface area contributed by atoms with Gasteiger partial charge in [0, 0.05) is 18.7 Å². The van der Waals surface area contributed by atoms with Crippen LogP contribution in [0.15, 0.2) is 103 Å². The second-order valence-electron chi connectivity index (χ2n) is 11.4. The molecule has 3 aliphatic heterocycles. The molecule has 2 amide bonds. The molecule has 3 aromatic carbocycles. The predicted molar refractivity (Wildman–Crippen MR) is 165 cm³/mol. The molecule has 3 aliphatic rings. The van der Waals surface area contributed by atoms with Crippen molar-refractivity contribution in [2.75, 3.05) is 12.8 Å². The molecule has 3 heterocycles. The van der Waals surface area contributed by atoms with Crippen molar-refractivity contribution in [1.82, 2.24) is 15.3 Å². The zero-order valence-corrected chi connectivity index (χ0v) is 24.9. The SMILES string of the molecule is CN1OC(=O)CC1C=CC1(C(=O)O)CS[C@@H]2C(NC(=O)Cc3ccccc3)C(=O)N2C1C(c1ccccc1)c1ccccc1. The first kappa shape index (κ1) is 29.7. The maximum absolute atomic E-state index is 14.0. The van der Waals surface area contributed by atoms with Gasteiger partial charge in [0.05, 0.1) is 24.9 Å². The lowest BCUT2D eigenvalue weighted by Crippen LogP contribution is -2.78. The molecule has 0 aliphatic carbocycles. The molecule has 3 aromatic rings. The number of aliphatic carboxylic acids is 1. The topological polar surface area (TPSA) is 116 Å². The summed E-state index contributed by atoms with van der Waals surface area (Å²) >= 11 is 1.35. The Balaban J connectivity index is 1.40. The van der Waals surface area contributed by atoms with Gasteiger partial charge in [0.1, 0.15) is 16.8 Å². The zero-order chi connectivity index (χ0) is 30.8. The fourth-order valence-corrected chi connectivity index (χ4v) is 8.04. The summed E-state index contributed by atoms with van der Waals surface area (Å²) in [7, 11) is 1.63. The molecule has 10 heteroatoms. The molecule has 3 saturated heterocycles. The van der Waals surface area contributed by atoms with Crippen molar-refractivity contribution in [2.45, 2.75) is 42.3 Å². The molecule has 0 saturated carbocycles. The average molecular weight is 612 g/mol. The van der Waals surface area contributed by atoms with Crippen LogP contribution in [0.3, 0.4) is 0 Å². The molecule has 3 fully saturated rings. The third kappa shape index (κ3) is 5.51. The van der Waals surface area contributed by atoms with Crippen LogP contribution >= 0.6 is 11.8 Å². The number of carbonyl (C=O) groups is 4. The first-order chi connectivity index (χ1) is 21.3. The minimum Gasteiger partial charge on any atom is -0.481 e. The van der Waals surface area contributed by atoms with Gasteiger partial charge in [-0.2, -0.15) is 0 Å². The van der Waals surface area contributed by atoms with Gasteiger partial charge in [-0.25, -0.2) is 0 Å². The minimum atomic E-state index is -1.52. The number of benzene rings is 3. The Kier molecular flexibility index (Phi) is 8.29. The molecular weight excluding hydrogens is 578 g/mol. The number of rotatable bonds is 9. The second-order valence-corrected chi connectivity index (χ2v) is 12.5. The molecule has 0 aromatic heterocycles. The van der Waals surface area contributed by atoms with E-state index in [-0.39, 0.29) is 36.4 Å². The van der Waals surface area contributed by atoms with E-state index in [4.69, 9.17) is 4.84 Å². The van der Waals surface area contributed by atoms with Gasteiger partial charge in [-0.1, -0.05) is 103 Å². The van der Waals surface area contributed by atoms with Crippen LogP contribution < -0.4 is 5.32 Å². The van der Waals surface area contributed by atoms with E-state index in [2.05, 4.69) is 5.32 Å². The fourth-order valence-electron chi connectivity index (χ4n) is 6.43. The molecule has 0 radical (unpaired) electrons. The number of hydroxylamine groups is 2. The highest BCUT2D eigenvalue weighted by molar-refractivity contribution is 8.00. The molecule has 6 rings (SSSR count). The van der Waals surface area contributed by atoms with Crippen molar-refractivity contribution in [3.63, 3.8) is 0 Å². The Morgan fingerprint density at radius 2 is 1.59 bits per heavy atom. The minimum absolute atomic E-state index is 0.0993. The summed E-state index contributed by atoms with van der Waals surface area (Å²) in [6.07, 6.45) is 3.60. The summed E-state index contributed by atoms with van der Waals surface area (Å²) in [4.78, 5) is 59.3. The van der Waals surface area contributed by atoms with Crippen molar-refractivity contribution in [2.24, 2.45) is 5.41 Å². The number of fused-ring (bicyclic) bond motifs is 1. The summed E-state index contributed by atoms with van der Waals surface area (Å²) in [6.45, 7) is 0. The Morgan fingerprint density at radius 3 is 2.14 bits per heavy atom. The Bertz CT molecular complexity index is 1530. The monoisotopic (exact) mass is 611 g/mol. The average Bonchev–Trinajstić information content (AvgIpc) is 3.36. The summed E-state index contributed by atoms with van der Waals surface area (Å²) in [5.74, 6) is -2.38. The lowest BCUT2D eigenvalue weighted by atomic mass is 9.68. The van der Waals surface area contributed by atoms with Crippen LogP contribution in [0.1, 0.15) is 29.0 Å². The van der Waals surface area contributed by atoms with E-state index in [0.717, 1.165) is 16.7 Å². The van der Waals surface area contributed by atoms with Gasteiger partial charge in [0.2, 0.25) is 11.8 Å². The zero-order valence-electron chi connectivity index (χ0n) is 24.1. The normalized spacial score (nSPS) is 26.7. The Labute approximate surface area is 259 Å². The molecule has 2 N–H and O–H groups in total. The van der Waals surface area contributed by atoms with Gasteiger partial charge in [-0.3, -0.25) is 19.2 Å². The summed E-state index contributed by atoms with van der Waals surface area (Å²) in [5.41, 5.74) is 1.06. The molecule has 5 atom stereocenters. The number of likely N-dealkylation sites (N-methyl/N-ethyl adjacent to an activating group) is 1. The summed E-state index contributed by atoms with van der Waals surface area (Å²) in [5, 5.41) is 14.9. The van der Waals surface area contributed by atoms with Gasteiger partial charge in [0.25, 0.3) is 0 Å². The van der Waals surface area contributed by atoms with E-state index in [1.54, 1.807) is 24.1 Å². The second kappa shape index (κ2) is 12.3. The first-order valence-corrected chi connectivity index (χ1v) is 15.6. The first-order valence-electron chi connectivity index (χ1n) is 14.5. The highest BCUT2D eigenvalue weighted by Crippen LogP contribution is 2.53. The lowest BCUT2D eigenvalue weighted by Gasteiger charge is -2.60. The standard InChI is InChI=1S/C34H33N3O6S/c1-36-25(20-27(39)43-36)17-18-34(33(41)42)21-44-32-29(35-26(38)19-22-11-5-2-6-12-22)31(40)37(32)30(34)28(23-13-7-3-8-14-23)24-15-9-4-10-16-24/h2-18,25,28-30,32H,19-21H2,1H3,(H,35,38)(H,41,42)/t25?,29?,30?,32-,34?/m1/s1. The van der Waals surface area contributed by atoms with E-state index < -0.39 is 40.8 Å². The van der Waals surface area contributed by atoms with E-state index in [0.29, 0.717) is 0 Å². The number of nitrogens with one attached hydrogen (secondary N) is 1. The van der Waals surface area contributed by atoms with Gasteiger partial charge in [-0.15, -0.1) is 16.8 Å². The third-order valence-electron chi connectivity index (χ3n) is 8.66. The predicted octanol–water partition coefficient (Wildman–Crippen LogP) is 3.62. The molecule has 226 valence electrons. The van der Waals surface area contributed by atoms with Crippen LogP contribution in [0.25, 0.3) is 0 Å². The van der Waals surface area contributed by atoms with Gasteiger partial charge in [-0.05, 0) is 16.7 Å². The largest absolute Gasteiger partial charge is 0.481 e. The van der Waals surface area contributed by atoms with Crippen molar-refractivity contribution in [3.05, 3.63) is 120 Å². The quantitative estimate of drug-likeness (QED) is 0.279. The fraction of sp³-hybridized carbons (Fsp3) is 0.294. The van der Waals surface area contributed by atoms with Crippen LogP contribution in [-0.2, 0) is 30.4 Å². The van der Waals surface area contributed by atoms with Crippen LogP contribution in [0.2, 0.25) is 0 Å². The number of β-lactam (4-membered cyclic amide) rings is 1. The molecule has 44 heavy (non-hydrogen) atoms. The number of carbonyl (C=O) groups excluding carboxylic acids is 3. The number of carboxylic acid groups (broad SMARTS) is 1. The Hall–Kier alpha value is -4.41. The number of hydrogen-bond donors (Lipinski definition) is 2. The van der Waals surface area contributed by atoms with Gasteiger partial charge in [0.15, 0.2) is 0 Å². The van der Waals surface area contributed by atoms with E-state index in [9.17, 15) is 24.3 Å². The maximum atomic E-state index is 14.0. The number of thioether (sulfide) groups is 1. The van der Waals surface area contributed by atoms with Crippen LogP contribution in [0, 0.1) is 5.41 Å². The van der Waals surface area contributed by atoms with Crippen LogP contribution in [0.5, 0.6) is 0 Å². The number of hydrogen-bond acceptors (Lipinski definition) is 7. The van der Waals surface area contributed by atoms with Gasteiger partial charge < -0.3 is 20.2 Å². The third-order valence-corrected chi connectivity index (χ3v) is 10.1. The van der Waals surface area contributed by atoms with E-state index in [1.165, 1.54) is 16.8 Å². The van der Waals surface area contributed by atoms with Crippen molar-refractivity contribution in [3.8, 4) is 0 Å². The van der Waals surface area contributed by atoms with Crippen LogP contribution in [-0.4, -0.2) is 75.1 Å². The van der Waals surface area contributed by atoms with E-state index >= 15 is 0 Å². The number of carboxylic acids is 1. The Morgan fingerprint density at radius 1 is 1.00 bits per heavy atom. The summed E-state index contributed by atoms with van der Waals surface area (Å²) < 4.78 is 0. The van der Waals surface area contributed by atoms with E-state index in [1.807, 2.05) is 91.0 Å². The molecule has 4 unspecified atom stereocenters. The van der Waals surface area contributed by atoms with Gasteiger partial charge >= 0.3 is 11.9 Å². The smallest absolute Gasteiger partial charge is 0.327 e. The van der Waals surface area contributed by atoms with Crippen molar-refractivity contribution >= 4 is 35.5 Å². The number of amides is 2. The molecule has 0 spiro atoms. The van der Waals surface area contributed by atoms with Crippen LogP contribution in [0.4, 0.5) is 0 Å². The van der Waals surface area contributed by atoms with Crippen molar-refractivity contribution < 1.29 is 29.1 Å². The summed E-state index contributed by atoms with van der Waals surface area (Å²) in [6, 6.07) is 26.5. The highest BCUT2D eigenvalue weighted by atomic mass is 32.2. The molecule has 0 bridgehead atoms. The maximum Gasteiger partial charge on any atom is 0.327 e. The lowest BCUT2D eigenvalue weighted by molar-refractivity contribution is -0.167. The highest BCUT2D eigenvalue weighted by Gasteiger charge is 2.64. The van der Waals surface area contributed by atoms with Crippen molar-refractivity contribution in [1.29, 1.82) is 0 Å². The molecular formula is C34H33N3O6S. The number of nitrogens with zero attached hydrogens (tertiary/aromatic N) is 2. The molecule has 9 nitrogen and oxygen atoms in total.